The van der Waals surface area contributed by atoms with Gasteiger partial charge in [-0.25, -0.2) is 13.8 Å². The second-order valence-corrected chi connectivity index (χ2v) is 5.05. The summed E-state index contributed by atoms with van der Waals surface area (Å²) in [7, 11) is 0. The summed E-state index contributed by atoms with van der Waals surface area (Å²) in [5.41, 5.74) is 0. The molecular formula is C11H5ClF2N6S. The highest BCUT2D eigenvalue weighted by atomic mass is 35.5. The fraction of sp³-hybridized carbons (Fsp3) is 0. The molecule has 2 aromatic heterocycles. The molecule has 0 saturated carbocycles. The van der Waals surface area contributed by atoms with Crippen molar-refractivity contribution in [3.63, 3.8) is 0 Å². The van der Waals surface area contributed by atoms with Crippen molar-refractivity contribution in [3.8, 4) is 5.95 Å². The van der Waals surface area contributed by atoms with Crippen LogP contribution in [0, 0.1) is 11.6 Å². The normalized spacial score (nSPS) is 10.8. The Morgan fingerprint density at radius 1 is 1.14 bits per heavy atom. The molecule has 0 aliphatic carbocycles. The van der Waals surface area contributed by atoms with Gasteiger partial charge in [0.25, 0.3) is 5.95 Å². The number of rotatable bonds is 3. The fourth-order valence-electron chi connectivity index (χ4n) is 1.44. The van der Waals surface area contributed by atoms with Gasteiger partial charge in [0.2, 0.25) is 5.28 Å². The lowest BCUT2D eigenvalue weighted by atomic mass is 10.3. The molecule has 0 aliphatic heterocycles. The molecule has 21 heavy (non-hydrogen) atoms. The van der Waals surface area contributed by atoms with E-state index in [1.165, 1.54) is 17.3 Å². The van der Waals surface area contributed by atoms with Gasteiger partial charge in [0.05, 0.1) is 4.90 Å². The van der Waals surface area contributed by atoms with Crippen molar-refractivity contribution in [1.29, 1.82) is 0 Å². The van der Waals surface area contributed by atoms with Gasteiger partial charge in [-0.05, 0) is 41.6 Å². The van der Waals surface area contributed by atoms with Crippen LogP contribution >= 0.6 is 23.4 Å². The molecule has 0 atom stereocenters. The van der Waals surface area contributed by atoms with E-state index in [0.29, 0.717) is 0 Å². The molecule has 0 unspecified atom stereocenters. The molecule has 3 rings (SSSR count). The van der Waals surface area contributed by atoms with Crippen LogP contribution in [0.1, 0.15) is 0 Å². The minimum Gasteiger partial charge on any atom is -0.223 e. The highest BCUT2D eigenvalue weighted by Crippen LogP contribution is 2.28. The maximum absolute atomic E-state index is 13.6. The Labute approximate surface area is 126 Å². The molecule has 106 valence electrons. The Hall–Kier alpha value is -2.13. The van der Waals surface area contributed by atoms with Gasteiger partial charge < -0.3 is 0 Å². The largest absolute Gasteiger partial charge is 0.257 e. The summed E-state index contributed by atoms with van der Waals surface area (Å²) in [5, 5.41) is 3.89. The molecule has 0 bridgehead atoms. The molecule has 6 nitrogen and oxygen atoms in total. The molecular weight excluding hydrogens is 322 g/mol. The van der Waals surface area contributed by atoms with Crippen molar-refractivity contribution < 1.29 is 8.78 Å². The number of halogens is 3. The maximum atomic E-state index is 13.6. The molecule has 3 aromatic rings. The second kappa shape index (κ2) is 5.70. The summed E-state index contributed by atoms with van der Waals surface area (Å²) < 4.78 is 28.0. The average molecular weight is 327 g/mol. The Balaban J connectivity index is 1.97. The van der Waals surface area contributed by atoms with E-state index in [4.69, 9.17) is 11.6 Å². The second-order valence-electron chi connectivity index (χ2n) is 3.70. The van der Waals surface area contributed by atoms with Crippen molar-refractivity contribution in [1.82, 2.24) is 29.7 Å². The van der Waals surface area contributed by atoms with Gasteiger partial charge in [-0.15, -0.1) is 0 Å². The van der Waals surface area contributed by atoms with E-state index in [0.717, 1.165) is 30.0 Å². The average Bonchev–Trinajstić information content (AvgIpc) is 2.96. The molecule has 0 aliphatic rings. The lowest BCUT2D eigenvalue weighted by Crippen LogP contribution is -2.04. The third-order valence-corrected chi connectivity index (χ3v) is 3.36. The third-order valence-electron chi connectivity index (χ3n) is 2.29. The standard InChI is InChI=1S/C11H5ClF2N6S/c12-9-17-10(20-5-15-4-16-20)19-11(18-9)21-8-3-6(13)1-2-7(8)14/h1-5H. The summed E-state index contributed by atoms with van der Waals surface area (Å²) in [6, 6.07) is 3.10. The monoisotopic (exact) mass is 326 g/mol. The Bertz CT molecular complexity index is 782. The van der Waals surface area contributed by atoms with Crippen LogP contribution in [0.25, 0.3) is 5.95 Å². The molecule has 0 spiro atoms. The minimum absolute atomic E-state index is 0.0433. The predicted molar refractivity (Wildman–Crippen MR) is 70.2 cm³/mol. The number of nitrogens with zero attached hydrogens (tertiary/aromatic N) is 6. The molecule has 2 heterocycles. The number of hydrogen-bond acceptors (Lipinski definition) is 6. The molecule has 0 radical (unpaired) electrons. The number of benzene rings is 1. The van der Waals surface area contributed by atoms with E-state index in [1.54, 1.807) is 0 Å². The van der Waals surface area contributed by atoms with Gasteiger partial charge >= 0.3 is 0 Å². The fourth-order valence-corrected chi connectivity index (χ4v) is 2.43. The van der Waals surface area contributed by atoms with Crippen LogP contribution in [0.15, 0.2) is 40.9 Å². The Morgan fingerprint density at radius 2 is 2.00 bits per heavy atom. The molecule has 0 amide bonds. The highest BCUT2D eigenvalue weighted by Gasteiger charge is 2.12. The molecule has 0 N–H and O–H groups in total. The molecule has 0 fully saturated rings. The smallest absolute Gasteiger partial charge is 0.223 e. The van der Waals surface area contributed by atoms with Crippen molar-refractivity contribution in [2.75, 3.05) is 0 Å². The maximum Gasteiger partial charge on any atom is 0.257 e. The SMILES string of the molecule is Fc1ccc(F)c(Sc2nc(Cl)nc(-n3cncn3)n2)c1. The molecule has 1 aromatic carbocycles. The zero-order valence-corrected chi connectivity index (χ0v) is 11.7. The summed E-state index contributed by atoms with van der Waals surface area (Å²) in [5.74, 6) is -1.01. The van der Waals surface area contributed by atoms with Gasteiger partial charge in [0.1, 0.15) is 24.3 Å². The summed E-state index contributed by atoms with van der Waals surface area (Å²) in [6.07, 6.45) is 2.68. The predicted octanol–water partition coefficient (Wildman–Crippen LogP) is 2.54. The van der Waals surface area contributed by atoms with Crippen LogP contribution in [0.4, 0.5) is 8.78 Å². The van der Waals surface area contributed by atoms with Crippen LogP contribution in [0.5, 0.6) is 0 Å². The van der Waals surface area contributed by atoms with E-state index >= 15 is 0 Å². The van der Waals surface area contributed by atoms with Gasteiger partial charge in [0, 0.05) is 0 Å². The van der Waals surface area contributed by atoms with Gasteiger partial charge in [-0.1, -0.05) is 0 Å². The van der Waals surface area contributed by atoms with Crippen LogP contribution in [-0.4, -0.2) is 29.7 Å². The summed E-state index contributed by atoms with van der Waals surface area (Å²) in [6.45, 7) is 0. The third kappa shape index (κ3) is 3.14. The first-order valence-electron chi connectivity index (χ1n) is 5.51. The lowest BCUT2D eigenvalue weighted by Gasteiger charge is -2.04. The number of hydrogen-bond donors (Lipinski definition) is 0. The molecule has 10 heteroatoms. The first-order valence-corrected chi connectivity index (χ1v) is 6.71. The van der Waals surface area contributed by atoms with Crippen LogP contribution in [0.3, 0.4) is 0 Å². The van der Waals surface area contributed by atoms with E-state index in [2.05, 4.69) is 25.0 Å². The first-order chi connectivity index (χ1) is 10.1. The quantitative estimate of drug-likeness (QED) is 0.736. The zero-order chi connectivity index (χ0) is 14.8. The van der Waals surface area contributed by atoms with E-state index < -0.39 is 11.6 Å². The summed E-state index contributed by atoms with van der Waals surface area (Å²) >= 11 is 6.63. The van der Waals surface area contributed by atoms with Gasteiger partial charge in [-0.3, -0.25) is 0 Å². The number of aromatic nitrogens is 6. The topological polar surface area (TPSA) is 69.4 Å². The van der Waals surface area contributed by atoms with Crippen LogP contribution in [0.2, 0.25) is 5.28 Å². The lowest BCUT2D eigenvalue weighted by molar-refractivity contribution is 0.576. The van der Waals surface area contributed by atoms with Crippen LogP contribution < -0.4 is 0 Å². The van der Waals surface area contributed by atoms with E-state index in [1.807, 2.05) is 0 Å². The van der Waals surface area contributed by atoms with Crippen molar-refractivity contribution >= 4 is 23.4 Å². The van der Waals surface area contributed by atoms with Gasteiger partial charge in [-0.2, -0.15) is 24.7 Å². The van der Waals surface area contributed by atoms with Gasteiger partial charge in [0.15, 0.2) is 5.16 Å². The first kappa shape index (κ1) is 13.8. The van der Waals surface area contributed by atoms with Crippen molar-refractivity contribution in [2.24, 2.45) is 0 Å². The van der Waals surface area contributed by atoms with E-state index in [-0.39, 0.29) is 21.3 Å². The van der Waals surface area contributed by atoms with Crippen molar-refractivity contribution in [3.05, 3.63) is 47.8 Å². The van der Waals surface area contributed by atoms with E-state index in [9.17, 15) is 8.78 Å². The highest BCUT2D eigenvalue weighted by molar-refractivity contribution is 7.99. The zero-order valence-electron chi connectivity index (χ0n) is 10.1. The Kier molecular flexibility index (Phi) is 3.76. The summed E-state index contributed by atoms with van der Waals surface area (Å²) in [4.78, 5) is 15.6. The minimum atomic E-state index is -0.583. The van der Waals surface area contributed by atoms with Crippen LogP contribution in [-0.2, 0) is 0 Å². The Morgan fingerprint density at radius 3 is 2.76 bits per heavy atom. The molecule has 0 saturated heterocycles. The van der Waals surface area contributed by atoms with Crippen molar-refractivity contribution in [2.45, 2.75) is 10.1 Å².